The molecule has 2 aromatic rings. The van der Waals surface area contributed by atoms with Gasteiger partial charge in [0.05, 0.1) is 7.11 Å². The summed E-state index contributed by atoms with van der Waals surface area (Å²) >= 11 is 0. The highest BCUT2D eigenvalue weighted by Gasteiger charge is 2.28. The molecule has 0 saturated carbocycles. The van der Waals surface area contributed by atoms with Crippen molar-refractivity contribution < 1.29 is 13.9 Å². The Balaban J connectivity index is 1.95. The molecule has 0 bridgehead atoms. The molecular weight excluding hydrogens is 257 g/mol. The van der Waals surface area contributed by atoms with Crippen molar-refractivity contribution in [1.29, 1.82) is 0 Å². The Morgan fingerprint density at radius 1 is 1.20 bits per heavy atom. The third-order valence-corrected chi connectivity index (χ3v) is 3.61. The third-order valence-electron chi connectivity index (χ3n) is 3.61. The van der Waals surface area contributed by atoms with Gasteiger partial charge in [-0.2, -0.15) is 0 Å². The second-order valence-corrected chi connectivity index (χ2v) is 4.87. The Kier molecular flexibility index (Phi) is 3.32. The minimum Gasteiger partial charge on any atom is -0.497 e. The predicted octanol–water partition coefficient (Wildman–Crippen LogP) is 3.36. The van der Waals surface area contributed by atoms with Gasteiger partial charge in [-0.3, -0.25) is 0 Å². The van der Waals surface area contributed by atoms with Crippen molar-refractivity contribution in [3.8, 4) is 11.5 Å². The van der Waals surface area contributed by atoms with E-state index in [1.54, 1.807) is 25.3 Å². The number of hydrogen-bond donors (Lipinski definition) is 1. The maximum Gasteiger partial charge on any atom is 0.130 e. The quantitative estimate of drug-likeness (QED) is 0.912. The average Bonchev–Trinajstić information content (AvgIpc) is 2.47. The molecule has 1 aliphatic heterocycles. The van der Waals surface area contributed by atoms with Crippen LogP contribution in [0.4, 0.5) is 4.39 Å². The smallest absolute Gasteiger partial charge is 0.130 e. The van der Waals surface area contributed by atoms with E-state index in [-0.39, 0.29) is 18.0 Å². The van der Waals surface area contributed by atoms with Crippen LogP contribution in [0.2, 0.25) is 0 Å². The standard InChI is InChI=1S/C16H16FNO2/c1-19-10-6-7-15-12(8-10)14(18)9-16(20-15)11-4-2-3-5-13(11)17/h2-8,14,16H,9,18H2,1H3/t14-,16?/m0/s1. The highest BCUT2D eigenvalue weighted by molar-refractivity contribution is 5.44. The van der Waals surface area contributed by atoms with E-state index < -0.39 is 0 Å². The van der Waals surface area contributed by atoms with Crippen LogP contribution in [-0.2, 0) is 0 Å². The Bertz CT molecular complexity index is 630. The fraction of sp³-hybridized carbons (Fsp3) is 0.250. The van der Waals surface area contributed by atoms with E-state index in [1.165, 1.54) is 6.07 Å². The number of hydrogen-bond acceptors (Lipinski definition) is 3. The normalized spacial score (nSPS) is 20.9. The first kappa shape index (κ1) is 12.9. The van der Waals surface area contributed by atoms with Gasteiger partial charge in [0.1, 0.15) is 23.4 Å². The van der Waals surface area contributed by atoms with Crippen molar-refractivity contribution in [2.45, 2.75) is 18.6 Å². The van der Waals surface area contributed by atoms with Gasteiger partial charge in [0, 0.05) is 23.6 Å². The molecule has 2 atom stereocenters. The number of halogens is 1. The molecule has 1 unspecified atom stereocenters. The van der Waals surface area contributed by atoms with Crippen LogP contribution in [0, 0.1) is 5.82 Å². The minimum atomic E-state index is -0.355. The lowest BCUT2D eigenvalue weighted by Crippen LogP contribution is -2.24. The first-order chi connectivity index (χ1) is 9.69. The molecule has 0 aromatic heterocycles. The van der Waals surface area contributed by atoms with Crippen molar-refractivity contribution >= 4 is 0 Å². The first-order valence-electron chi connectivity index (χ1n) is 6.53. The van der Waals surface area contributed by atoms with Crippen molar-refractivity contribution in [2.24, 2.45) is 5.73 Å². The van der Waals surface area contributed by atoms with Crippen LogP contribution >= 0.6 is 0 Å². The van der Waals surface area contributed by atoms with Crippen LogP contribution in [0.1, 0.15) is 29.7 Å². The number of ether oxygens (including phenoxy) is 2. The van der Waals surface area contributed by atoms with Gasteiger partial charge < -0.3 is 15.2 Å². The summed E-state index contributed by atoms with van der Waals surface area (Å²) in [5, 5.41) is 0. The number of nitrogens with two attached hydrogens (primary N) is 1. The van der Waals surface area contributed by atoms with Gasteiger partial charge in [0.15, 0.2) is 0 Å². The van der Waals surface area contributed by atoms with Crippen LogP contribution in [0.25, 0.3) is 0 Å². The van der Waals surface area contributed by atoms with Gasteiger partial charge in [-0.25, -0.2) is 4.39 Å². The molecule has 104 valence electrons. The van der Waals surface area contributed by atoms with Crippen LogP contribution in [-0.4, -0.2) is 7.11 Å². The van der Waals surface area contributed by atoms with Crippen LogP contribution in [0.5, 0.6) is 11.5 Å². The van der Waals surface area contributed by atoms with Crippen LogP contribution in [0.3, 0.4) is 0 Å². The zero-order chi connectivity index (χ0) is 14.1. The molecule has 0 saturated heterocycles. The molecule has 3 nitrogen and oxygen atoms in total. The van der Waals surface area contributed by atoms with Crippen molar-refractivity contribution in [3.05, 3.63) is 59.4 Å². The van der Waals surface area contributed by atoms with E-state index in [0.717, 1.165) is 11.3 Å². The molecule has 0 spiro atoms. The van der Waals surface area contributed by atoms with Gasteiger partial charge in [0.25, 0.3) is 0 Å². The highest BCUT2D eigenvalue weighted by atomic mass is 19.1. The van der Waals surface area contributed by atoms with Gasteiger partial charge in [-0.15, -0.1) is 0 Å². The maximum absolute atomic E-state index is 13.9. The zero-order valence-electron chi connectivity index (χ0n) is 11.2. The summed E-state index contributed by atoms with van der Waals surface area (Å²) in [4.78, 5) is 0. The van der Waals surface area contributed by atoms with Crippen molar-refractivity contribution in [1.82, 2.24) is 0 Å². The molecule has 2 N–H and O–H groups in total. The van der Waals surface area contributed by atoms with Gasteiger partial charge in [-0.05, 0) is 24.3 Å². The van der Waals surface area contributed by atoms with Gasteiger partial charge >= 0.3 is 0 Å². The number of benzene rings is 2. The van der Waals surface area contributed by atoms with Crippen LogP contribution < -0.4 is 15.2 Å². The van der Waals surface area contributed by atoms with Crippen LogP contribution in [0.15, 0.2) is 42.5 Å². The van der Waals surface area contributed by atoms with E-state index in [9.17, 15) is 4.39 Å². The van der Waals surface area contributed by atoms with E-state index >= 15 is 0 Å². The lowest BCUT2D eigenvalue weighted by atomic mass is 9.93. The number of rotatable bonds is 2. The topological polar surface area (TPSA) is 44.5 Å². The molecule has 0 fully saturated rings. The second-order valence-electron chi connectivity index (χ2n) is 4.87. The average molecular weight is 273 g/mol. The van der Waals surface area contributed by atoms with Gasteiger partial charge in [-0.1, -0.05) is 18.2 Å². The van der Waals surface area contributed by atoms with E-state index in [2.05, 4.69) is 0 Å². The Morgan fingerprint density at radius 3 is 2.75 bits per heavy atom. The number of methoxy groups -OCH3 is 1. The summed E-state index contributed by atoms with van der Waals surface area (Å²) in [6.45, 7) is 0. The fourth-order valence-electron chi connectivity index (χ4n) is 2.54. The number of fused-ring (bicyclic) bond motifs is 1. The molecule has 20 heavy (non-hydrogen) atoms. The predicted molar refractivity (Wildman–Crippen MR) is 74.3 cm³/mol. The summed E-state index contributed by atoms with van der Waals surface area (Å²) < 4.78 is 24.9. The van der Waals surface area contributed by atoms with Gasteiger partial charge in [0.2, 0.25) is 0 Å². The SMILES string of the molecule is COc1ccc2c(c1)[C@@H](N)CC(c1ccccc1F)O2. The minimum absolute atomic E-state index is 0.196. The Hall–Kier alpha value is -2.07. The molecule has 3 rings (SSSR count). The Labute approximate surface area is 117 Å². The summed E-state index contributed by atoms with van der Waals surface area (Å²) in [5.74, 6) is 1.17. The molecule has 0 aliphatic carbocycles. The van der Waals surface area contributed by atoms with E-state index in [0.29, 0.717) is 17.7 Å². The third kappa shape index (κ3) is 2.23. The van der Waals surface area contributed by atoms with E-state index in [4.69, 9.17) is 15.2 Å². The Morgan fingerprint density at radius 2 is 2.00 bits per heavy atom. The maximum atomic E-state index is 13.9. The lowest BCUT2D eigenvalue weighted by molar-refractivity contribution is 0.157. The summed E-state index contributed by atoms with van der Waals surface area (Å²) in [6.07, 6.45) is 0.188. The van der Waals surface area contributed by atoms with Crippen molar-refractivity contribution in [2.75, 3.05) is 7.11 Å². The van der Waals surface area contributed by atoms with Crippen molar-refractivity contribution in [3.63, 3.8) is 0 Å². The highest BCUT2D eigenvalue weighted by Crippen LogP contribution is 2.41. The second kappa shape index (κ2) is 5.13. The largest absolute Gasteiger partial charge is 0.497 e. The summed E-state index contributed by atoms with van der Waals surface area (Å²) in [5.41, 5.74) is 7.64. The molecule has 0 amide bonds. The molecule has 4 heteroatoms. The first-order valence-corrected chi connectivity index (χ1v) is 6.53. The molecular formula is C16H16FNO2. The zero-order valence-corrected chi connectivity index (χ0v) is 11.2. The molecule has 1 heterocycles. The van der Waals surface area contributed by atoms with E-state index in [1.807, 2.05) is 18.2 Å². The fourth-order valence-corrected chi connectivity index (χ4v) is 2.54. The molecule has 2 aromatic carbocycles. The monoisotopic (exact) mass is 273 g/mol. The molecule has 1 aliphatic rings. The summed E-state index contributed by atoms with van der Waals surface area (Å²) in [6, 6.07) is 12.0. The lowest BCUT2D eigenvalue weighted by Gasteiger charge is -2.31. The summed E-state index contributed by atoms with van der Waals surface area (Å²) in [7, 11) is 1.61. The molecule has 0 radical (unpaired) electrons.